The monoisotopic (exact) mass is 280 g/mol. The van der Waals surface area contributed by atoms with E-state index in [1.807, 2.05) is 13.8 Å². The van der Waals surface area contributed by atoms with Crippen molar-refractivity contribution in [2.45, 2.75) is 13.8 Å². The van der Waals surface area contributed by atoms with Gasteiger partial charge in [0, 0.05) is 43.6 Å². The molecule has 0 heterocycles. The number of likely N-dealkylation sites (N-methyl/N-ethyl adjacent to an activating group) is 2. The zero-order chi connectivity index (χ0) is 15.1. The number of benzene rings is 1. The summed E-state index contributed by atoms with van der Waals surface area (Å²) in [6.45, 7) is 5.07. The third-order valence-corrected chi connectivity index (χ3v) is 2.86. The van der Waals surface area contributed by atoms with Crippen molar-refractivity contribution >= 4 is 23.0 Å². The summed E-state index contributed by atoms with van der Waals surface area (Å²) < 4.78 is 0. The van der Waals surface area contributed by atoms with Crippen LogP contribution in [0, 0.1) is 10.1 Å². The summed E-state index contributed by atoms with van der Waals surface area (Å²) in [5.41, 5.74) is 1.29. The van der Waals surface area contributed by atoms with Crippen molar-refractivity contribution < 1.29 is 9.72 Å². The number of rotatable bonds is 7. The van der Waals surface area contributed by atoms with Gasteiger partial charge in [0.1, 0.15) is 0 Å². The van der Waals surface area contributed by atoms with Gasteiger partial charge in [-0.1, -0.05) is 0 Å². The molecule has 0 fully saturated rings. The van der Waals surface area contributed by atoms with Crippen molar-refractivity contribution in [1.82, 2.24) is 5.32 Å². The summed E-state index contributed by atoms with van der Waals surface area (Å²) in [5.74, 6) is -0.105. The first-order valence-corrected chi connectivity index (χ1v) is 6.50. The molecule has 0 radical (unpaired) electrons. The molecular formula is C13H20N4O3. The number of amides is 1. The minimum Gasteiger partial charge on any atom is -0.388 e. The number of hydrogen-bond donors (Lipinski definition) is 2. The van der Waals surface area contributed by atoms with Crippen LogP contribution >= 0.6 is 0 Å². The number of nitrogens with zero attached hydrogens (tertiary/aromatic N) is 2. The quantitative estimate of drug-likeness (QED) is 0.585. The highest BCUT2D eigenvalue weighted by atomic mass is 16.6. The van der Waals surface area contributed by atoms with Crippen LogP contribution in [-0.2, 0) is 4.79 Å². The Kier molecular flexibility index (Phi) is 5.76. The topological polar surface area (TPSA) is 87.5 Å². The van der Waals surface area contributed by atoms with E-state index < -0.39 is 4.92 Å². The number of carbonyl (C=O) groups excluding carboxylic acids is 1. The van der Waals surface area contributed by atoms with Crippen LogP contribution in [0.1, 0.15) is 13.8 Å². The van der Waals surface area contributed by atoms with E-state index in [2.05, 4.69) is 10.6 Å². The molecule has 20 heavy (non-hydrogen) atoms. The average molecular weight is 280 g/mol. The average Bonchev–Trinajstić information content (AvgIpc) is 2.44. The molecule has 0 saturated carbocycles. The normalized spacial score (nSPS) is 9.95. The van der Waals surface area contributed by atoms with E-state index in [0.717, 1.165) is 0 Å². The lowest BCUT2D eigenvalue weighted by molar-refractivity contribution is -0.384. The van der Waals surface area contributed by atoms with Gasteiger partial charge < -0.3 is 15.5 Å². The first kappa shape index (κ1) is 15.7. The predicted molar refractivity (Wildman–Crippen MR) is 79.2 cm³/mol. The maximum atomic E-state index is 11.7. The molecule has 0 atom stereocenters. The van der Waals surface area contributed by atoms with Crippen LogP contribution in [0.3, 0.4) is 0 Å². The standard InChI is InChI=1S/C13H20N4O3/c1-4-15-13(18)9-16(5-2)11-6-10(14-3)7-12(8-11)17(19)20/h6-8,14H,4-5,9H2,1-3H3,(H,15,18). The van der Waals surface area contributed by atoms with Crippen LogP contribution in [0.25, 0.3) is 0 Å². The Morgan fingerprint density at radius 3 is 2.55 bits per heavy atom. The molecule has 0 saturated heterocycles. The minimum absolute atomic E-state index is 0.00111. The van der Waals surface area contributed by atoms with E-state index >= 15 is 0 Å². The summed E-state index contributed by atoms with van der Waals surface area (Å²) in [6, 6.07) is 4.72. The number of nitrogens with one attached hydrogen (secondary N) is 2. The van der Waals surface area contributed by atoms with Gasteiger partial charge in [-0.15, -0.1) is 0 Å². The summed E-state index contributed by atoms with van der Waals surface area (Å²) in [7, 11) is 1.70. The van der Waals surface area contributed by atoms with Gasteiger partial charge >= 0.3 is 0 Å². The van der Waals surface area contributed by atoms with Crippen molar-refractivity contribution in [3.05, 3.63) is 28.3 Å². The molecule has 0 bridgehead atoms. The molecule has 7 heteroatoms. The molecule has 1 aromatic carbocycles. The van der Waals surface area contributed by atoms with Crippen molar-refractivity contribution in [1.29, 1.82) is 0 Å². The first-order valence-electron chi connectivity index (χ1n) is 6.50. The van der Waals surface area contributed by atoms with Crippen LogP contribution < -0.4 is 15.5 Å². The number of non-ortho nitro benzene ring substituents is 1. The molecule has 0 spiro atoms. The van der Waals surface area contributed by atoms with Gasteiger partial charge in [-0.05, 0) is 19.9 Å². The lowest BCUT2D eigenvalue weighted by Crippen LogP contribution is -2.37. The highest BCUT2D eigenvalue weighted by molar-refractivity contribution is 5.82. The van der Waals surface area contributed by atoms with Crippen LogP contribution in [0.2, 0.25) is 0 Å². The minimum atomic E-state index is -0.440. The molecule has 7 nitrogen and oxygen atoms in total. The summed E-state index contributed by atoms with van der Waals surface area (Å²) in [4.78, 5) is 23.9. The van der Waals surface area contributed by atoms with E-state index in [0.29, 0.717) is 24.5 Å². The van der Waals surface area contributed by atoms with Crippen LogP contribution in [0.5, 0.6) is 0 Å². The van der Waals surface area contributed by atoms with E-state index in [1.54, 1.807) is 18.0 Å². The van der Waals surface area contributed by atoms with Gasteiger partial charge in [0.15, 0.2) is 0 Å². The second kappa shape index (κ2) is 7.32. The molecule has 0 aliphatic rings. The second-order valence-corrected chi connectivity index (χ2v) is 4.21. The van der Waals surface area contributed by atoms with Gasteiger partial charge in [-0.3, -0.25) is 14.9 Å². The van der Waals surface area contributed by atoms with E-state index in [-0.39, 0.29) is 18.1 Å². The Morgan fingerprint density at radius 1 is 1.35 bits per heavy atom. The fraction of sp³-hybridized carbons (Fsp3) is 0.462. The van der Waals surface area contributed by atoms with Crippen molar-refractivity contribution in [3.63, 3.8) is 0 Å². The smallest absolute Gasteiger partial charge is 0.273 e. The van der Waals surface area contributed by atoms with E-state index in [9.17, 15) is 14.9 Å². The summed E-state index contributed by atoms with van der Waals surface area (Å²) >= 11 is 0. The van der Waals surface area contributed by atoms with E-state index in [1.165, 1.54) is 12.1 Å². The fourth-order valence-corrected chi connectivity index (χ4v) is 1.84. The molecule has 1 aromatic rings. The molecule has 2 N–H and O–H groups in total. The Labute approximate surface area is 118 Å². The number of carbonyl (C=O) groups is 1. The highest BCUT2D eigenvalue weighted by Crippen LogP contribution is 2.26. The Hall–Kier alpha value is -2.31. The van der Waals surface area contributed by atoms with Gasteiger partial charge in [-0.25, -0.2) is 0 Å². The predicted octanol–water partition coefficient (Wildman–Crippen LogP) is 1.60. The lowest BCUT2D eigenvalue weighted by atomic mass is 10.2. The van der Waals surface area contributed by atoms with Crippen LogP contribution in [0.4, 0.5) is 17.1 Å². The Bertz CT molecular complexity index is 491. The molecule has 110 valence electrons. The van der Waals surface area contributed by atoms with Gasteiger partial charge in [0.05, 0.1) is 11.5 Å². The summed E-state index contributed by atoms with van der Waals surface area (Å²) in [5, 5.41) is 16.5. The van der Waals surface area contributed by atoms with Crippen molar-refractivity contribution in [3.8, 4) is 0 Å². The van der Waals surface area contributed by atoms with Gasteiger partial charge in [0.25, 0.3) is 5.69 Å². The van der Waals surface area contributed by atoms with Crippen molar-refractivity contribution in [2.75, 3.05) is 36.9 Å². The maximum absolute atomic E-state index is 11.7. The van der Waals surface area contributed by atoms with E-state index in [4.69, 9.17) is 0 Å². The molecular weight excluding hydrogens is 260 g/mol. The molecule has 0 aromatic heterocycles. The zero-order valence-corrected chi connectivity index (χ0v) is 12.0. The Balaban J connectivity index is 3.04. The molecule has 1 rings (SSSR count). The fourth-order valence-electron chi connectivity index (χ4n) is 1.84. The van der Waals surface area contributed by atoms with Gasteiger partial charge in [-0.2, -0.15) is 0 Å². The second-order valence-electron chi connectivity index (χ2n) is 4.21. The number of nitro benzene ring substituents is 1. The highest BCUT2D eigenvalue weighted by Gasteiger charge is 2.15. The third kappa shape index (κ3) is 4.11. The van der Waals surface area contributed by atoms with Gasteiger partial charge in [0.2, 0.25) is 5.91 Å². The third-order valence-electron chi connectivity index (χ3n) is 2.86. The lowest BCUT2D eigenvalue weighted by Gasteiger charge is -2.22. The largest absolute Gasteiger partial charge is 0.388 e. The van der Waals surface area contributed by atoms with Crippen LogP contribution in [0.15, 0.2) is 18.2 Å². The van der Waals surface area contributed by atoms with Crippen molar-refractivity contribution in [2.24, 2.45) is 0 Å². The molecule has 0 aliphatic carbocycles. The molecule has 0 aliphatic heterocycles. The SMILES string of the molecule is CCNC(=O)CN(CC)c1cc(NC)cc([N+](=O)[O-])c1. The molecule has 1 amide bonds. The van der Waals surface area contributed by atoms with Crippen LogP contribution in [-0.4, -0.2) is 37.5 Å². The maximum Gasteiger partial charge on any atom is 0.273 e. The number of anilines is 2. The number of nitro groups is 1. The Morgan fingerprint density at radius 2 is 2.05 bits per heavy atom. The zero-order valence-electron chi connectivity index (χ0n) is 12.0. The first-order chi connectivity index (χ1) is 9.51. The summed E-state index contributed by atoms with van der Waals surface area (Å²) in [6.07, 6.45) is 0. The molecule has 0 unspecified atom stereocenters. The number of hydrogen-bond acceptors (Lipinski definition) is 5.